The van der Waals surface area contributed by atoms with Crippen LogP contribution in [-0.2, 0) is 14.6 Å². The van der Waals surface area contributed by atoms with Crippen LogP contribution in [0.5, 0.6) is 0 Å². The standard InChI is InChI=1S/C11H21NO3S/c1-9-5-4-6-10(2)12(9)11(13)7-8-16(3,14)15/h9-10H,4-8H2,1-3H3. The average molecular weight is 247 g/mol. The lowest BCUT2D eigenvalue weighted by atomic mass is 9.97. The van der Waals surface area contributed by atoms with Crippen molar-refractivity contribution in [2.75, 3.05) is 12.0 Å². The van der Waals surface area contributed by atoms with Crippen molar-refractivity contribution in [3.63, 3.8) is 0 Å². The van der Waals surface area contributed by atoms with Crippen LogP contribution in [0.2, 0.25) is 0 Å². The zero-order valence-electron chi connectivity index (χ0n) is 10.3. The van der Waals surface area contributed by atoms with Crippen molar-refractivity contribution >= 4 is 15.7 Å². The molecule has 0 aromatic heterocycles. The van der Waals surface area contributed by atoms with Crippen LogP contribution in [0, 0.1) is 0 Å². The Kier molecular flexibility index (Phi) is 4.35. The number of hydrogen-bond donors (Lipinski definition) is 0. The molecule has 16 heavy (non-hydrogen) atoms. The molecule has 1 aliphatic heterocycles. The Morgan fingerprint density at radius 3 is 2.19 bits per heavy atom. The number of nitrogens with zero attached hydrogens (tertiary/aromatic N) is 1. The quantitative estimate of drug-likeness (QED) is 0.753. The van der Waals surface area contributed by atoms with Gasteiger partial charge in [0.25, 0.3) is 0 Å². The van der Waals surface area contributed by atoms with Gasteiger partial charge in [-0.3, -0.25) is 4.79 Å². The Bertz CT molecular complexity index is 340. The molecule has 0 aromatic carbocycles. The van der Waals surface area contributed by atoms with Crippen LogP contribution in [0.1, 0.15) is 39.5 Å². The van der Waals surface area contributed by atoms with Gasteiger partial charge in [0.1, 0.15) is 9.84 Å². The summed E-state index contributed by atoms with van der Waals surface area (Å²) in [5.74, 6) is -0.0629. The summed E-state index contributed by atoms with van der Waals surface area (Å²) >= 11 is 0. The van der Waals surface area contributed by atoms with Gasteiger partial charge in [0, 0.05) is 24.8 Å². The third-order valence-corrected chi connectivity index (χ3v) is 4.11. The first kappa shape index (κ1) is 13.5. The molecule has 1 aliphatic rings. The van der Waals surface area contributed by atoms with Gasteiger partial charge < -0.3 is 4.90 Å². The molecule has 0 aliphatic carbocycles. The lowest BCUT2D eigenvalue weighted by molar-refractivity contribution is -0.136. The minimum absolute atomic E-state index is 0.0230. The van der Waals surface area contributed by atoms with E-state index >= 15 is 0 Å². The van der Waals surface area contributed by atoms with E-state index in [9.17, 15) is 13.2 Å². The van der Waals surface area contributed by atoms with E-state index in [4.69, 9.17) is 0 Å². The van der Waals surface area contributed by atoms with Gasteiger partial charge in [-0.15, -0.1) is 0 Å². The van der Waals surface area contributed by atoms with Crippen LogP contribution in [0.4, 0.5) is 0 Å². The summed E-state index contributed by atoms with van der Waals surface area (Å²) in [7, 11) is -3.04. The summed E-state index contributed by atoms with van der Waals surface area (Å²) in [6.45, 7) is 4.07. The molecule has 0 radical (unpaired) electrons. The zero-order chi connectivity index (χ0) is 12.3. The van der Waals surface area contributed by atoms with Gasteiger partial charge in [-0.1, -0.05) is 0 Å². The normalized spacial score (nSPS) is 26.8. The van der Waals surface area contributed by atoms with Crippen LogP contribution < -0.4 is 0 Å². The molecule has 2 atom stereocenters. The van der Waals surface area contributed by atoms with Crippen LogP contribution in [0.3, 0.4) is 0 Å². The Morgan fingerprint density at radius 2 is 1.75 bits per heavy atom. The van der Waals surface area contributed by atoms with E-state index in [0.29, 0.717) is 0 Å². The molecule has 0 bridgehead atoms. The summed E-state index contributed by atoms with van der Waals surface area (Å²) in [6, 6.07) is 0.492. The Morgan fingerprint density at radius 1 is 1.25 bits per heavy atom. The molecule has 0 saturated carbocycles. The van der Waals surface area contributed by atoms with Gasteiger partial charge in [0.15, 0.2) is 0 Å². The number of amides is 1. The fraction of sp³-hybridized carbons (Fsp3) is 0.909. The number of carbonyl (C=O) groups is 1. The van der Waals surface area contributed by atoms with Crippen LogP contribution in [0.25, 0.3) is 0 Å². The van der Waals surface area contributed by atoms with Crippen LogP contribution in [-0.4, -0.2) is 43.3 Å². The maximum atomic E-state index is 11.9. The highest BCUT2D eigenvalue weighted by molar-refractivity contribution is 7.90. The Labute approximate surface area is 97.9 Å². The highest BCUT2D eigenvalue weighted by atomic mass is 32.2. The predicted molar refractivity (Wildman–Crippen MR) is 63.9 cm³/mol. The SMILES string of the molecule is CC1CCCC(C)N1C(=O)CCS(C)(=O)=O. The van der Waals surface area contributed by atoms with Crippen molar-refractivity contribution in [2.24, 2.45) is 0 Å². The molecule has 1 heterocycles. The number of carbonyl (C=O) groups excluding carboxylic acids is 1. The molecular formula is C11H21NO3S. The van der Waals surface area contributed by atoms with Gasteiger partial charge in [-0.25, -0.2) is 8.42 Å². The van der Waals surface area contributed by atoms with Crippen LogP contribution in [0.15, 0.2) is 0 Å². The summed E-state index contributed by atoms with van der Waals surface area (Å²) in [5, 5.41) is 0. The van der Waals surface area contributed by atoms with E-state index in [1.807, 2.05) is 18.7 Å². The summed E-state index contributed by atoms with van der Waals surface area (Å²) in [4.78, 5) is 13.8. The highest BCUT2D eigenvalue weighted by Gasteiger charge is 2.28. The minimum Gasteiger partial charge on any atom is -0.337 e. The van der Waals surface area contributed by atoms with E-state index in [1.165, 1.54) is 6.26 Å². The smallest absolute Gasteiger partial charge is 0.224 e. The van der Waals surface area contributed by atoms with E-state index in [-0.39, 0.29) is 30.2 Å². The number of rotatable bonds is 3. The molecule has 1 fully saturated rings. The van der Waals surface area contributed by atoms with E-state index in [1.54, 1.807) is 0 Å². The first-order valence-electron chi connectivity index (χ1n) is 5.80. The molecule has 1 rings (SSSR count). The Hall–Kier alpha value is -0.580. The molecule has 2 unspecified atom stereocenters. The van der Waals surface area contributed by atoms with E-state index < -0.39 is 9.84 Å². The number of hydrogen-bond acceptors (Lipinski definition) is 3. The molecule has 94 valence electrons. The summed E-state index contributed by atoms with van der Waals surface area (Å²) < 4.78 is 22.0. The van der Waals surface area contributed by atoms with Crippen molar-refractivity contribution < 1.29 is 13.2 Å². The molecule has 1 saturated heterocycles. The lowest BCUT2D eigenvalue weighted by Crippen LogP contribution is -2.47. The molecule has 1 amide bonds. The second kappa shape index (κ2) is 5.17. The lowest BCUT2D eigenvalue weighted by Gasteiger charge is -2.39. The monoisotopic (exact) mass is 247 g/mol. The fourth-order valence-corrected chi connectivity index (χ4v) is 2.86. The van der Waals surface area contributed by atoms with Crippen molar-refractivity contribution in [1.82, 2.24) is 4.90 Å². The van der Waals surface area contributed by atoms with Crippen LogP contribution >= 0.6 is 0 Å². The third kappa shape index (κ3) is 3.77. The van der Waals surface area contributed by atoms with E-state index in [2.05, 4.69) is 0 Å². The third-order valence-electron chi connectivity index (χ3n) is 3.17. The number of likely N-dealkylation sites (tertiary alicyclic amines) is 1. The first-order chi connectivity index (χ1) is 7.31. The maximum absolute atomic E-state index is 11.9. The second-order valence-corrected chi connectivity index (χ2v) is 7.07. The van der Waals surface area contributed by atoms with Gasteiger partial charge >= 0.3 is 0 Å². The molecule has 0 aromatic rings. The van der Waals surface area contributed by atoms with Gasteiger partial charge in [-0.2, -0.15) is 0 Å². The summed E-state index contributed by atoms with van der Waals surface area (Å²) in [6.07, 6.45) is 4.49. The Balaban J connectivity index is 2.58. The molecule has 5 heteroatoms. The molecule has 0 spiro atoms. The van der Waals surface area contributed by atoms with Crippen molar-refractivity contribution in [2.45, 2.75) is 51.6 Å². The number of sulfone groups is 1. The highest BCUT2D eigenvalue weighted by Crippen LogP contribution is 2.23. The summed E-state index contributed by atoms with van der Waals surface area (Å²) in [5.41, 5.74) is 0. The van der Waals surface area contributed by atoms with Gasteiger partial charge in [0.05, 0.1) is 5.75 Å². The first-order valence-corrected chi connectivity index (χ1v) is 7.86. The largest absolute Gasteiger partial charge is 0.337 e. The fourth-order valence-electron chi connectivity index (χ4n) is 2.31. The van der Waals surface area contributed by atoms with Crippen molar-refractivity contribution in [1.29, 1.82) is 0 Å². The van der Waals surface area contributed by atoms with Gasteiger partial charge in [-0.05, 0) is 33.1 Å². The zero-order valence-corrected chi connectivity index (χ0v) is 11.1. The molecule has 4 nitrogen and oxygen atoms in total. The maximum Gasteiger partial charge on any atom is 0.224 e. The predicted octanol–water partition coefficient (Wildman–Crippen LogP) is 1.21. The minimum atomic E-state index is -3.04. The average Bonchev–Trinajstić information content (AvgIpc) is 2.13. The van der Waals surface area contributed by atoms with E-state index in [0.717, 1.165) is 19.3 Å². The van der Waals surface area contributed by atoms with Crippen molar-refractivity contribution in [3.8, 4) is 0 Å². The van der Waals surface area contributed by atoms with Crippen molar-refractivity contribution in [3.05, 3.63) is 0 Å². The topological polar surface area (TPSA) is 54.5 Å². The molecule has 0 N–H and O–H groups in total. The second-order valence-electron chi connectivity index (χ2n) is 4.81. The van der Waals surface area contributed by atoms with Gasteiger partial charge in [0.2, 0.25) is 5.91 Å². The number of piperidine rings is 1. The molecular weight excluding hydrogens is 226 g/mol.